The van der Waals surface area contributed by atoms with E-state index in [4.69, 9.17) is 4.74 Å². The van der Waals surface area contributed by atoms with Crippen LogP contribution < -0.4 is 4.74 Å². The summed E-state index contributed by atoms with van der Waals surface area (Å²) >= 11 is 0. The van der Waals surface area contributed by atoms with Crippen LogP contribution in [0.1, 0.15) is 44.2 Å². The molecule has 2 heteroatoms. The fourth-order valence-corrected chi connectivity index (χ4v) is 3.17. The zero-order chi connectivity index (χ0) is 16.2. The Kier molecular flexibility index (Phi) is 4.71. The number of phenolic OH excluding ortho intramolecular Hbond substituents is 1. The van der Waals surface area contributed by atoms with Gasteiger partial charge in [-0.25, -0.2) is 0 Å². The maximum absolute atomic E-state index is 9.67. The highest BCUT2D eigenvalue weighted by Gasteiger charge is 2.34. The standard InChI is InChI=1S/C19H18O2.C2H6/c20-16-10-9-15-11-17(13-5-2-1-3-6-13)19(14-7-4-8-14)21-18(15)12-16;1-2/h1-3,5-6,9-12,14,19-20H,4,7-8H2;1-2H3. The third-order valence-electron chi connectivity index (χ3n) is 4.55. The van der Waals surface area contributed by atoms with E-state index in [0.29, 0.717) is 5.92 Å². The van der Waals surface area contributed by atoms with Gasteiger partial charge in [-0.05, 0) is 36.6 Å². The molecule has 1 heterocycles. The van der Waals surface area contributed by atoms with Crippen LogP contribution >= 0.6 is 0 Å². The molecular formula is C21H24O2. The molecule has 2 aliphatic rings. The van der Waals surface area contributed by atoms with Crippen molar-refractivity contribution in [3.05, 3.63) is 59.7 Å². The third kappa shape index (κ3) is 3.12. The lowest BCUT2D eigenvalue weighted by Gasteiger charge is -2.38. The molecule has 0 spiro atoms. The van der Waals surface area contributed by atoms with E-state index in [0.717, 1.165) is 11.3 Å². The van der Waals surface area contributed by atoms with Crippen molar-refractivity contribution in [2.75, 3.05) is 0 Å². The van der Waals surface area contributed by atoms with Gasteiger partial charge in [0.25, 0.3) is 0 Å². The van der Waals surface area contributed by atoms with Gasteiger partial charge in [0, 0.05) is 23.1 Å². The first kappa shape index (κ1) is 15.7. The first-order valence-electron chi connectivity index (χ1n) is 8.58. The lowest BCUT2D eigenvalue weighted by Crippen LogP contribution is -2.34. The SMILES string of the molecule is CC.Oc1ccc2c(c1)OC(C1CCC1)C(c1ccccc1)=C2. The molecule has 2 nitrogen and oxygen atoms in total. The van der Waals surface area contributed by atoms with E-state index in [1.807, 2.05) is 26.0 Å². The largest absolute Gasteiger partial charge is 0.508 e. The van der Waals surface area contributed by atoms with Crippen LogP contribution in [0.3, 0.4) is 0 Å². The molecule has 2 aromatic carbocycles. The number of hydrogen-bond donors (Lipinski definition) is 1. The Balaban J connectivity index is 0.000000753. The molecule has 0 radical (unpaired) electrons. The van der Waals surface area contributed by atoms with Crippen LogP contribution in [0.5, 0.6) is 11.5 Å². The molecule has 0 aromatic heterocycles. The van der Waals surface area contributed by atoms with Crippen LogP contribution in [0.15, 0.2) is 48.5 Å². The second-order valence-electron chi connectivity index (χ2n) is 5.92. The number of rotatable bonds is 2. The average Bonchev–Trinajstić information content (AvgIpc) is 2.55. The summed E-state index contributed by atoms with van der Waals surface area (Å²) in [5.74, 6) is 1.65. The molecule has 23 heavy (non-hydrogen) atoms. The predicted octanol–water partition coefficient (Wildman–Crippen LogP) is 5.52. The topological polar surface area (TPSA) is 29.5 Å². The van der Waals surface area contributed by atoms with Gasteiger partial charge in [-0.2, -0.15) is 0 Å². The lowest BCUT2D eigenvalue weighted by molar-refractivity contribution is 0.126. The Labute approximate surface area is 138 Å². The molecule has 1 unspecified atom stereocenters. The normalized spacial score (nSPS) is 19.4. The average molecular weight is 308 g/mol. The first-order valence-corrected chi connectivity index (χ1v) is 8.58. The van der Waals surface area contributed by atoms with Gasteiger partial charge in [-0.1, -0.05) is 50.6 Å². The molecule has 2 aromatic rings. The van der Waals surface area contributed by atoms with Gasteiger partial charge in [0.05, 0.1) is 0 Å². The van der Waals surface area contributed by atoms with E-state index in [9.17, 15) is 5.11 Å². The predicted molar refractivity (Wildman–Crippen MR) is 95.5 cm³/mol. The molecule has 1 atom stereocenters. The maximum atomic E-state index is 9.67. The monoisotopic (exact) mass is 308 g/mol. The van der Waals surface area contributed by atoms with Crippen LogP contribution in [0.2, 0.25) is 0 Å². The highest BCUT2D eigenvalue weighted by atomic mass is 16.5. The Morgan fingerprint density at radius 3 is 2.39 bits per heavy atom. The highest BCUT2D eigenvalue weighted by Crippen LogP contribution is 2.43. The number of phenols is 1. The zero-order valence-corrected chi connectivity index (χ0v) is 13.8. The fourth-order valence-electron chi connectivity index (χ4n) is 3.17. The molecule has 1 aliphatic heterocycles. The van der Waals surface area contributed by atoms with Gasteiger partial charge in [0.15, 0.2) is 0 Å². The maximum Gasteiger partial charge on any atom is 0.131 e. The highest BCUT2D eigenvalue weighted by molar-refractivity contribution is 5.87. The minimum Gasteiger partial charge on any atom is -0.508 e. The van der Waals surface area contributed by atoms with Crippen LogP contribution in [0.25, 0.3) is 11.6 Å². The van der Waals surface area contributed by atoms with Crippen molar-refractivity contribution in [2.45, 2.75) is 39.2 Å². The Hall–Kier alpha value is -2.22. The third-order valence-corrected chi connectivity index (χ3v) is 4.55. The molecule has 120 valence electrons. The first-order chi connectivity index (χ1) is 11.3. The lowest BCUT2D eigenvalue weighted by atomic mass is 9.76. The molecule has 0 saturated heterocycles. The minimum atomic E-state index is 0.107. The van der Waals surface area contributed by atoms with Gasteiger partial charge >= 0.3 is 0 Å². The van der Waals surface area contributed by atoms with Gasteiger partial charge in [0.2, 0.25) is 0 Å². The van der Waals surface area contributed by atoms with Gasteiger partial charge < -0.3 is 9.84 Å². The van der Waals surface area contributed by atoms with Gasteiger partial charge in [-0.15, -0.1) is 0 Å². The summed E-state index contributed by atoms with van der Waals surface area (Å²) in [6, 6.07) is 15.8. The molecule has 1 fully saturated rings. The van der Waals surface area contributed by atoms with E-state index in [1.54, 1.807) is 12.1 Å². The van der Waals surface area contributed by atoms with E-state index >= 15 is 0 Å². The van der Waals surface area contributed by atoms with Crippen LogP contribution in [-0.2, 0) is 0 Å². The van der Waals surface area contributed by atoms with Gasteiger partial charge in [0.1, 0.15) is 17.6 Å². The fraction of sp³-hybridized carbons (Fsp3) is 0.333. The number of hydrogen-bond acceptors (Lipinski definition) is 2. The number of ether oxygens (including phenoxy) is 1. The molecule has 0 bridgehead atoms. The summed E-state index contributed by atoms with van der Waals surface area (Å²) < 4.78 is 6.26. The summed E-state index contributed by atoms with van der Waals surface area (Å²) in [6.07, 6.45) is 6.07. The van der Waals surface area contributed by atoms with Crippen molar-refractivity contribution in [1.82, 2.24) is 0 Å². The number of aromatic hydroxyl groups is 1. The molecule has 0 amide bonds. The summed E-state index contributed by atoms with van der Waals surface area (Å²) in [4.78, 5) is 0. The Morgan fingerprint density at radius 2 is 1.74 bits per heavy atom. The Bertz CT molecular complexity index is 684. The minimum absolute atomic E-state index is 0.107. The molecule has 1 N–H and O–H groups in total. The summed E-state index contributed by atoms with van der Waals surface area (Å²) in [7, 11) is 0. The van der Waals surface area contributed by atoms with Crippen molar-refractivity contribution >= 4 is 11.6 Å². The smallest absolute Gasteiger partial charge is 0.131 e. The zero-order valence-electron chi connectivity index (χ0n) is 13.8. The van der Waals surface area contributed by atoms with Crippen molar-refractivity contribution in [3.8, 4) is 11.5 Å². The van der Waals surface area contributed by atoms with E-state index in [1.165, 1.54) is 30.4 Å². The second kappa shape index (κ2) is 6.91. The van der Waals surface area contributed by atoms with Crippen molar-refractivity contribution in [3.63, 3.8) is 0 Å². The second-order valence-corrected chi connectivity index (χ2v) is 5.92. The Morgan fingerprint density at radius 1 is 1.00 bits per heavy atom. The number of fused-ring (bicyclic) bond motifs is 1. The van der Waals surface area contributed by atoms with Crippen molar-refractivity contribution in [2.24, 2.45) is 5.92 Å². The van der Waals surface area contributed by atoms with E-state index < -0.39 is 0 Å². The van der Waals surface area contributed by atoms with E-state index in [2.05, 4.69) is 30.3 Å². The summed E-state index contributed by atoms with van der Waals surface area (Å²) in [6.45, 7) is 4.00. The van der Waals surface area contributed by atoms with Crippen molar-refractivity contribution in [1.29, 1.82) is 0 Å². The molecular weight excluding hydrogens is 284 g/mol. The molecule has 1 saturated carbocycles. The summed E-state index contributed by atoms with van der Waals surface area (Å²) in [5, 5.41) is 9.67. The quantitative estimate of drug-likeness (QED) is 0.791. The van der Waals surface area contributed by atoms with Crippen LogP contribution in [0.4, 0.5) is 0 Å². The van der Waals surface area contributed by atoms with Gasteiger partial charge in [-0.3, -0.25) is 0 Å². The molecule has 4 rings (SSSR count). The number of benzene rings is 2. The van der Waals surface area contributed by atoms with Crippen molar-refractivity contribution < 1.29 is 9.84 Å². The molecule has 1 aliphatic carbocycles. The van der Waals surface area contributed by atoms with E-state index in [-0.39, 0.29) is 11.9 Å². The summed E-state index contributed by atoms with van der Waals surface area (Å²) in [5.41, 5.74) is 3.54. The van der Waals surface area contributed by atoms with Crippen LogP contribution in [0, 0.1) is 5.92 Å². The van der Waals surface area contributed by atoms with Crippen LogP contribution in [-0.4, -0.2) is 11.2 Å².